The van der Waals surface area contributed by atoms with Crippen molar-refractivity contribution in [2.75, 3.05) is 12.8 Å². The fraction of sp³-hybridized carbons (Fsp3) is 0.867. The van der Waals surface area contributed by atoms with E-state index in [0.29, 0.717) is 19.4 Å². The van der Waals surface area contributed by atoms with Gasteiger partial charge in [-0.25, -0.2) is 9.59 Å². The molecule has 0 aromatic rings. The fourth-order valence-electron chi connectivity index (χ4n) is 2.91. The third-order valence-electron chi connectivity index (χ3n) is 4.38. The van der Waals surface area contributed by atoms with E-state index in [4.69, 9.17) is 0 Å². The Kier molecular flexibility index (Phi) is 6.84. The van der Waals surface area contributed by atoms with E-state index >= 15 is 0 Å². The van der Waals surface area contributed by atoms with E-state index in [0.717, 1.165) is 12.8 Å². The highest BCUT2D eigenvalue weighted by Gasteiger charge is 2.35. The van der Waals surface area contributed by atoms with E-state index in [1.807, 2.05) is 18.7 Å². The molecule has 2 amide bonds. The van der Waals surface area contributed by atoms with Gasteiger partial charge in [-0.2, -0.15) is 11.8 Å². The maximum absolute atomic E-state index is 12.0. The van der Waals surface area contributed by atoms with Gasteiger partial charge in [-0.1, -0.05) is 32.6 Å². The minimum absolute atomic E-state index is 0.111. The summed E-state index contributed by atoms with van der Waals surface area (Å²) < 4.78 is 0.111. The van der Waals surface area contributed by atoms with E-state index < -0.39 is 11.5 Å². The molecule has 0 bridgehead atoms. The lowest BCUT2D eigenvalue weighted by molar-refractivity contribution is -0.144. The van der Waals surface area contributed by atoms with Gasteiger partial charge in [0.2, 0.25) is 0 Å². The summed E-state index contributed by atoms with van der Waals surface area (Å²) in [6.07, 6.45) is 9.10. The highest BCUT2D eigenvalue weighted by Crippen LogP contribution is 2.37. The molecule has 5 nitrogen and oxygen atoms in total. The zero-order valence-corrected chi connectivity index (χ0v) is 14.1. The van der Waals surface area contributed by atoms with Gasteiger partial charge in [-0.3, -0.25) is 0 Å². The standard InChI is InChI=1S/C15H28N2O3S/c1-4-8-14(2,12(18)19)17-13(20)16-11-15(21-3)9-6-5-7-10-15/h4-11H2,1-3H3,(H,18,19)(H2,16,17,20). The lowest BCUT2D eigenvalue weighted by Gasteiger charge is -2.36. The van der Waals surface area contributed by atoms with Crippen molar-refractivity contribution in [1.29, 1.82) is 0 Å². The molecule has 1 aliphatic rings. The zero-order valence-electron chi connectivity index (χ0n) is 13.3. The monoisotopic (exact) mass is 316 g/mol. The highest BCUT2D eigenvalue weighted by molar-refractivity contribution is 8.00. The summed E-state index contributed by atoms with van der Waals surface area (Å²) in [7, 11) is 0. The molecule has 1 saturated carbocycles. The molecule has 122 valence electrons. The van der Waals surface area contributed by atoms with E-state index in [1.165, 1.54) is 19.3 Å². The summed E-state index contributed by atoms with van der Waals surface area (Å²) in [5, 5.41) is 14.8. The summed E-state index contributed by atoms with van der Waals surface area (Å²) in [6, 6.07) is -0.382. The van der Waals surface area contributed by atoms with Crippen LogP contribution in [0.3, 0.4) is 0 Å². The maximum Gasteiger partial charge on any atom is 0.329 e. The minimum atomic E-state index is -1.20. The molecule has 0 aliphatic heterocycles. The average molecular weight is 316 g/mol. The van der Waals surface area contributed by atoms with Gasteiger partial charge in [0, 0.05) is 11.3 Å². The van der Waals surface area contributed by atoms with Crippen LogP contribution in [0.1, 0.15) is 58.8 Å². The third kappa shape index (κ3) is 5.09. The fourth-order valence-corrected chi connectivity index (χ4v) is 3.82. The smallest absolute Gasteiger partial charge is 0.329 e. The number of hydrogen-bond acceptors (Lipinski definition) is 3. The Bertz CT molecular complexity index is 370. The quantitative estimate of drug-likeness (QED) is 0.674. The largest absolute Gasteiger partial charge is 0.480 e. The molecule has 6 heteroatoms. The van der Waals surface area contributed by atoms with E-state index in [-0.39, 0.29) is 10.8 Å². The van der Waals surface area contributed by atoms with Crippen LogP contribution < -0.4 is 10.6 Å². The number of nitrogens with one attached hydrogen (secondary N) is 2. The Morgan fingerprint density at radius 1 is 1.29 bits per heavy atom. The van der Waals surface area contributed by atoms with Gasteiger partial charge in [-0.05, 0) is 32.4 Å². The number of hydrogen-bond donors (Lipinski definition) is 3. The maximum atomic E-state index is 12.0. The molecule has 21 heavy (non-hydrogen) atoms. The van der Waals surface area contributed by atoms with Crippen LogP contribution in [0.15, 0.2) is 0 Å². The third-order valence-corrected chi connectivity index (χ3v) is 5.80. The summed E-state index contributed by atoms with van der Waals surface area (Å²) in [5.41, 5.74) is -1.20. The second-order valence-electron chi connectivity index (χ2n) is 6.14. The number of carboxylic acid groups (broad SMARTS) is 1. The summed E-state index contributed by atoms with van der Waals surface area (Å²) in [5.74, 6) is -0.989. The van der Waals surface area contributed by atoms with E-state index in [9.17, 15) is 14.7 Å². The van der Waals surface area contributed by atoms with Crippen molar-refractivity contribution in [3.63, 3.8) is 0 Å². The molecule has 3 N–H and O–H groups in total. The highest BCUT2D eigenvalue weighted by atomic mass is 32.2. The second kappa shape index (κ2) is 7.92. The molecule has 0 spiro atoms. The Labute approximate surface area is 131 Å². The van der Waals surface area contributed by atoms with Crippen LogP contribution in [0.5, 0.6) is 0 Å². The first-order valence-corrected chi connectivity index (χ1v) is 8.94. The van der Waals surface area contributed by atoms with Crippen LogP contribution in [-0.4, -0.2) is 40.2 Å². The number of thioether (sulfide) groups is 1. The molecule has 1 aliphatic carbocycles. The molecule has 0 saturated heterocycles. The van der Waals surface area contributed by atoms with Crippen molar-refractivity contribution in [1.82, 2.24) is 10.6 Å². The van der Waals surface area contributed by atoms with Crippen molar-refractivity contribution in [3.8, 4) is 0 Å². The van der Waals surface area contributed by atoms with Crippen molar-refractivity contribution in [2.24, 2.45) is 0 Å². The molecular formula is C15H28N2O3S. The molecule has 1 fully saturated rings. The Morgan fingerprint density at radius 3 is 2.38 bits per heavy atom. The predicted octanol–water partition coefficient (Wildman–Crippen LogP) is 2.99. The zero-order chi connectivity index (χ0) is 15.9. The Morgan fingerprint density at radius 2 is 1.90 bits per heavy atom. The number of amides is 2. The summed E-state index contributed by atoms with van der Waals surface area (Å²) in [6.45, 7) is 4.07. The molecule has 1 unspecified atom stereocenters. The first-order valence-electron chi connectivity index (χ1n) is 7.72. The SMILES string of the molecule is CCCC(C)(NC(=O)NCC1(SC)CCCCC1)C(=O)O. The van der Waals surface area contributed by atoms with Crippen LogP contribution >= 0.6 is 11.8 Å². The van der Waals surface area contributed by atoms with Crippen molar-refractivity contribution in [3.05, 3.63) is 0 Å². The van der Waals surface area contributed by atoms with Gasteiger partial charge in [-0.15, -0.1) is 0 Å². The lowest BCUT2D eigenvalue weighted by Crippen LogP contribution is -2.56. The molecule has 0 radical (unpaired) electrons. The van der Waals surface area contributed by atoms with Gasteiger partial charge in [0.15, 0.2) is 0 Å². The van der Waals surface area contributed by atoms with Gasteiger partial charge in [0.05, 0.1) is 0 Å². The van der Waals surface area contributed by atoms with Gasteiger partial charge >= 0.3 is 12.0 Å². The molecule has 0 heterocycles. The van der Waals surface area contributed by atoms with Gasteiger partial charge in [0.25, 0.3) is 0 Å². The number of carboxylic acids is 1. The Balaban J connectivity index is 2.54. The molecule has 1 rings (SSSR count). The van der Waals surface area contributed by atoms with Gasteiger partial charge in [0.1, 0.15) is 5.54 Å². The molecule has 1 atom stereocenters. The van der Waals surface area contributed by atoms with E-state index in [1.54, 1.807) is 6.92 Å². The van der Waals surface area contributed by atoms with Crippen LogP contribution in [-0.2, 0) is 4.79 Å². The van der Waals surface area contributed by atoms with Crippen molar-refractivity contribution in [2.45, 2.75) is 69.1 Å². The predicted molar refractivity (Wildman–Crippen MR) is 86.8 cm³/mol. The number of carbonyl (C=O) groups excluding carboxylic acids is 1. The van der Waals surface area contributed by atoms with Crippen molar-refractivity contribution < 1.29 is 14.7 Å². The number of aliphatic carboxylic acids is 1. The van der Waals surface area contributed by atoms with Crippen molar-refractivity contribution >= 4 is 23.8 Å². The van der Waals surface area contributed by atoms with Crippen LogP contribution in [0.4, 0.5) is 4.79 Å². The summed E-state index contributed by atoms with van der Waals surface area (Å²) in [4.78, 5) is 23.4. The molecule has 0 aromatic heterocycles. The first kappa shape index (κ1) is 18.1. The summed E-state index contributed by atoms with van der Waals surface area (Å²) >= 11 is 1.81. The topological polar surface area (TPSA) is 78.4 Å². The molecule has 0 aromatic carbocycles. The lowest BCUT2D eigenvalue weighted by atomic mass is 9.88. The van der Waals surface area contributed by atoms with E-state index in [2.05, 4.69) is 16.9 Å². The van der Waals surface area contributed by atoms with Crippen LogP contribution in [0.25, 0.3) is 0 Å². The number of urea groups is 1. The van der Waals surface area contributed by atoms with Crippen LogP contribution in [0, 0.1) is 0 Å². The minimum Gasteiger partial charge on any atom is -0.480 e. The Hall–Kier alpha value is -0.910. The normalized spacial score (nSPS) is 20.3. The number of carbonyl (C=O) groups is 2. The number of rotatable bonds is 7. The average Bonchev–Trinajstić information content (AvgIpc) is 2.46. The second-order valence-corrected chi connectivity index (χ2v) is 7.42. The first-order chi connectivity index (χ1) is 9.87. The van der Waals surface area contributed by atoms with Gasteiger partial charge < -0.3 is 15.7 Å². The molecular weight excluding hydrogens is 288 g/mol. The van der Waals surface area contributed by atoms with Crippen LogP contribution in [0.2, 0.25) is 0 Å².